The van der Waals surface area contributed by atoms with Gasteiger partial charge in [0, 0.05) is 30.2 Å². The Bertz CT molecular complexity index is 785. The number of carbonyl (C=O) groups is 1. The number of pyridine rings is 1. The molecule has 5 nitrogen and oxygen atoms in total. The van der Waals surface area contributed by atoms with Crippen LogP contribution < -0.4 is 5.32 Å². The van der Waals surface area contributed by atoms with Gasteiger partial charge in [-0.3, -0.25) is 4.79 Å². The minimum absolute atomic E-state index is 0.00704. The van der Waals surface area contributed by atoms with Crippen LogP contribution in [-0.4, -0.2) is 20.1 Å². The predicted molar refractivity (Wildman–Crippen MR) is 80.9 cm³/mol. The van der Waals surface area contributed by atoms with Crippen molar-refractivity contribution in [1.82, 2.24) is 19.5 Å². The lowest BCUT2D eigenvalue weighted by molar-refractivity contribution is -0.120. The molecular formula is C16H18N4O. The van der Waals surface area contributed by atoms with Crippen LogP contribution in [0.15, 0.2) is 42.7 Å². The molecule has 3 heterocycles. The third kappa shape index (κ3) is 2.67. The zero-order chi connectivity index (χ0) is 14.8. The second kappa shape index (κ2) is 5.44. The van der Waals surface area contributed by atoms with Crippen molar-refractivity contribution >= 4 is 11.4 Å². The summed E-state index contributed by atoms with van der Waals surface area (Å²) >= 11 is 0. The second-order valence-electron chi connectivity index (χ2n) is 5.18. The maximum Gasteiger partial charge on any atom is 0.224 e. The number of nitrogens with zero attached hydrogens (tertiary/aromatic N) is 3. The lowest BCUT2D eigenvalue weighted by Gasteiger charge is -2.07. The van der Waals surface area contributed by atoms with Crippen LogP contribution in [0.5, 0.6) is 0 Å². The van der Waals surface area contributed by atoms with E-state index in [1.165, 1.54) is 5.69 Å². The Hall–Kier alpha value is -2.56. The van der Waals surface area contributed by atoms with Crippen molar-refractivity contribution in [3.8, 4) is 0 Å². The highest BCUT2D eigenvalue weighted by Gasteiger charge is 2.09. The van der Waals surface area contributed by atoms with Crippen molar-refractivity contribution in [1.29, 1.82) is 0 Å². The van der Waals surface area contributed by atoms with Gasteiger partial charge in [0.1, 0.15) is 0 Å². The third-order valence-corrected chi connectivity index (χ3v) is 3.80. The minimum Gasteiger partial charge on any atom is -0.350 e. The summed E-state index contributed by atoms with van der Waals surface area (Å²) in [6.45, 7) is 2.59. The van der Waals surface area contributed by atoms with E-state index in [1.54, 1.807) is 10.7 Å². The molecule has 0 unspecified atom stereocenters. The average molecular weight is 282 g/mol. The van der Waals surface area contributed by atoms with E-state index in [0.29, 0.717) is 13.0 Å². The molecule has 0 aliphatic carbocycles. The van der Waals surface area contributed by atoms with Gasteiger partial charge < -0.3 is 9.88 Å². The fourth-order valence-corrected chi connectivity index (χ4v) is 2.39. The molecule has 3 aromatic rings. The van der Waals surface area contributed by atoms with E-state index in [1.807, 2.05) is 50.5 Å². The monoisotopic (exact) mass is 282 g/mol. The molecule has 5 heteroatoms. The number of aryl methyl sites for hydroxylation is 1. The molecule has 0 aliphatic heterocycles. The average Bonchev–Trinajstić information content (AvgIpc) is 3.03. The summed E-state index contributed by atoms with van der Waals surface area (Å²) in [7, 11) is 2.00. The molecule has 1 N–H and O–H groups in total. The molecule has 3 aromatic heterocycles. The Morgan fingerprint density at radius 1 is 1.29 bits per heavy atom. The summed E-state index contributed by atoms with van der Waals surface area (Å²) < 4.78 is 3.86. The highest BCUT2D eigenvalue weighted by atomic mass is 16.1. The van der Waals surface area contributed by atoms with Crippen LogP contribution in [0, 0.1) is 6.92 Å². The zero-order valence-corrected chi connectivity index (χ0v) is 12.2. The number of hydrogen-bond acceptors (Lipinski definition) is 2. The maximum absolute atomic E-state index is 12.1. The van der Waals surface area contributed by atoms with Crippen LogP contribution in [0.4, 0.5) is 0 Å². The molecule has 0 saturated carbocycles. The van der Waals surface area contributed by atoms with Crippen molar-refractivity contribution in [2.75, 3.05) is 0 Å². The first-order chi connectivity index (χ1) is 10.1. The van der Waals surface area contributed by atoms with E-state index in [9.17, 15) is 4.79 Å². The number of carbonyl (C=O) groups excluding carboxylic acids is 1. The molecule has 0 aliphatic rings. The van der Waals surface area contributed by atoms with Gasteiger partial charge in [0.25, 0.3) is 0 Å². The molecule has 3 rings (SSSR count). The lowest BCUT2D eigenvalue weighted by atomic mass is 10.2. The third-order valence-electron chi connectivity index (χ3n) is 3.80. The molecule has 21 heavy (non-hydrogen) atoms. The van der Waals surface area contributed by atoms with Crippen LogP contribution in [0.2, 0.25) is 0 Å². The SMILES string of the molecule is Cc1ccc(CNC(=O)Cc2cnn3ccccc23)n1C. The molecular weight excluding hydrogens is 264 g/mol. The van der Waals surface area contributed by atoms with E-state index >= 15 is 0 Å². The van der Waals surface area contributed by atoms with Gasteiger partial charge in [0.2, 0.25) is 5.91 Å². The molecule has 0 aromatic carbocycles. The van der Waals surface area contributed by atoms with E-state index in [2.05, 4.69) is 15.0 Å². The Labute approximate surface area is 123 Å². The molecule has 0 radical (unpaired) electrons. The van der Waals surface area contributed by atoms with Gasteiger partial charge in [-0.1, -0.05) is 6.07 Å². The number of fused-ring (bicyclic) bond motifs is 1. The normalized spacial score (nSPS) is 11.0. The smallest absolute Gasteiger partial charge is 0.224 e. The van der Waals surface area contributed by atoms with Crippen molar-refractivity contribution < 1.29 is 4.79 Å². The van der Waals surface area contributed by atoms with E-state index in [4.69, 9.17) is 0 Å². The second-order valence-corrected chi connectivity index (χ2v) is 5.18. The minimum atomic E-state index is 0.00704. The Kier molecular flexibility index (Phi) is 3.48. The number of nitrogens with one attached hydrogen (secondary N) is 1. The number of aromatic nitrogens is 3. The summed E-state index contributed by atoms with van der Waals surface area (Å²) in [5.41, 5.74) is 4.20. The van der Waals surface area contributed by atoms with E-state index in [-0.39, 0.29) is 5.91 Å². The predicted octanol–water partition coefficient (Wildman–Crippen LogP) is 1.84. The van der Waals surface area contributed by atoms with Gasteiger partial charge in [0.15, 0.2) is 0 Å². The Morgan fingerprint density at radius 2 is 2.14 bits per heavy atom. The quantitative estimate of drug-likeness (QED) is 0.794. The number of hydrogen-bond donors (Lipinski definition) is 1. The molecule has 0 spiro atoms. The van der Waals surface area contributed by atoms with Crippen molar-refractivity contribution in [2.24, 2.45) is 7.05 Å². The standard InChI is InChI=1S/C16H18N4O/c1-12-6-7-14(19(12)2)11-17-16(21)9-13-10-18-20-8-4-3-5-15(13)20/h3-8,10H,9,11H2,1-2H3,(H,17,21). The Balaban J connectivity index is 1.65. The van der Waals surface area contributed by atoms with Gasteiger partial charge in [-0.15, -0.1) is 0 Å². The van der Waals surface area contributed by atoms with Crippen LogP contribution >= 0.6 is 0 Å². The first-order valence-electron chi connectivity index (χ1n) is 6.94. The van der Waals surface area contributed by atoms with Crippen LogP contribution in [0.1, 0.15) is 17.0 Å². The van der Waals surface area contributed by atoms with Crippen LogP contribution in [0.3, 0.4) is 0 Å². The first-order valence-corrected chi connectivity index (χ1v) is 6.94. The molecule has 0 atom stereocenters. The van der Waals surface area contributed by atoms with Crippen molar-refractivity contribution in [3.05, 3.63) is 59.7 Å². The number of rotatable bonds is 4. The van der Waals surface area contributed by atoms with Gasteiger partial charge in [0.05, 0.1) is 24.7 Å². The fourth-order valence-electron chi connectivity index (χ4n) is 2.39. The lowest BCUT2D eigenvalue weighted by Crippen LogP contribution is -2.25. The maximum atomic E-state index is 12.1. The molecule has 0 saturated heterocycles. The largest absolute Gasteiger partial charge is 0.350 e. The Morgan fingerprint density at radius 3 is 2.90 bits per heavy atom. The van der Waals surface area contributed by atoms with Crippen molar-refractivity contribution in [3.63, 3.8) is 0 Å². The summed E-state index contributed by atoms with van der Waals surface area (Å²) in [5.74, 6) is 0.00704. The summed E-state index contributed by atoms with van der Waals surface area (Å²) in [5, 5.41) is 7.20. The van der Waals surface area contributed by atoms with Gasteiger partial charge in [-0.25, -0.2) is 4.52 Å². The molecule has 108 valence electrons. The van der Waals surface area contributed by atoms with Crippen molar-refractivity contribution in [2.45, 2.75) is 19.9 Å². The van der Waals surface area contributed by atoms with E-state index < -0.39 is 0 Å². The summed E-state index contributed by atoms with van der Waals surface area (Å²) in [4.78, 5) is 12.1. The van der Waals surface area contributed by atoms with Gasteiger partial charge in [-0.05, 0) is 31.2 Å². The first kappa shape index (κ1) is 13.4. The summed E-state index contributed by atoms with van der Waals surface area (Å²) in [6.07, 6.45) is 3.97. The summed E-state index contributed by atoms with van der Waals surface area (Å²) in [6, 6.07) is 9.92. The molecule has 0 fully saturated rings. The topological polar surface area (TPSA) is 51.3 Å². The fraction of sp³-hybridized carbons (Fsp3) is 0.250. The molecule has 1 amide bonds. The zero-order valence-electron chi connectivity index (χ0n) is 12.2. The van der Waals surface area contributed by atoms with E-state index in [0.717, 1.165) is 16.8 Å². The van der Waals surface area contributed by atoms with Crippen LogP contribution in [0.25, 0.3) is 5.52 Å². The van der Waals surface area contributed by atoms with Gasteiger partial charge >= 0.3 is 0 Å². The highest BCUT2D eigenvalue weighted by Crippen LogP contribution is 2.11. The van der Waals surface area contributed by atoms with Gasteiger partial charge in [-0.2, -0.15) is 5.10 Å². The number of amides is 1. The highest BCUT2D eigenvalue weighted by molar-refractivity contribution is 5.80. The van der Waals surface area contributed by atoms with Crippen LogP contribution in [-0.2, 0) is 24.8 Å². The molecule has 0 bridgehead atoms.